The Bertz CT molecular complexity index is 159. The smallest absolute Gasteiger partial charge is 0.0593 e. The van der Waals surface area contributed by atoms with Crippen LogP contribution in [0.4, 0.5) is 0 Å². The molecule has 0 aromatic carbocycles. The normalized spacial score (nSPS) is 18.2. The lowest BCUT2D eigenvalue weighted by atomic mass is 10.0. The van der Waals surface area contributed by atoms with Gasteiger partial charge in [-0.25, -0.2) is 0 Å². The molecule has 0 unspecified atom stereocenters. The van der Waals surface area contributed by atoms with Crippen molar-refractivity contribution in [1.82, 2.24) is 10.2 Å². The van der Waals surface area contributed by atoms with Crippen molar-refractivity contribution in [2.45, 2.75) is 12.8 Å². The van der Waals surface area contributed by atoms with E-state index in [0.29, 0.717) is 0 Å². The lowest BCUT2D eigenvalue weighted by Gasteiger charge is -2.22. The fourth-order valence-corrected chi connectivity index (χ4v) is 1.75. The highest BCUT2D eigenvalue weighted by Crippen LogP contribution is 2.12. The number of nitrogens with one attached hydrogen (secondary N) is 1. The van der Waals surface area contributed by atoms with Crippen molar-refractivity contribution in [2.75, 3.05) is 60.2 Å². The van der Waals surface area contributed by atoms with Crippen LogP contribution in [0.2, 0.25) is 0 Å². The lowest BCUT2D eigenvalue weighted by Crippen LogP contribution is -2.30. The molecule has 0 radical (unpaired) electrons. The number of rotatable bonds is 8. The molecule has 0 saturated carbocycles. The van der Waals surface area contributed by atoms with E-state index >= 15 is 0 Å². The minimum atomic E-state index is 0.801. The molecule has 0 aromatic heterocycles. The molecule has 0 aliphatic carbocycles. The molecule has 0 amide bonds. The van der Waals surface area contributed by atoms with Crippen molar-refractivity contribution in [3.63, 3.8) is 0 Å². The first-order valence-electron chi connectivity index (χ1n) is 6.30. The van der Waals surface area contributed by atoms with Gasteiger partial charge in [-0.15, -0.1) is 0 Å². The monoisotopic (exact) mass is 230 g/mol. The molecule has 1 aliphatic rings. The van der Waals surface area contributed by atoms with Crippen molar-refractivity contribution in [3.8, 4) is 0 Å². The zero-order chi connectivity index (χ0) is 11.6. The van der Waals surface area contributed by atoms with Gasteiger partial charge in [0.1, 0.15) is 0 Å². The standard InChI is InChI=1S/C12H26N2O2/c1-14(2)6-10-16-9-5-13-11-12-3-7-15-8-4-12/h12-13H,3-11H2,1-2H3. The highest BCUT2D eigenvalue weighted by molar-refractivity contribution is 4.65. The Balaban J connectivity index is 1.80. The Hall–Kier alpha value is -0.160. The van der Waals surface area contributed by atoms with Crippen molar-refractivity contribution in [1.29, 1.82) is 0 Å². The number of likely N-dealkylation sites (N-methyl/N-ethyl adjacent to an activating group) is 1. The lowest BCUT2D eigenvalue weighted by molar-refractivity contribution is 0.0648. The van der Waals surface area contributed by atoms with Crippen molar-refractivity contribution >= 4 is 0 Å². The third-order valence-electron chi connectivity index (χ3n) is 2.88. The van der Waals surface area contributed by atoms with E-state index in [0.717, 1.165) is 52.0 Å². The van der Waals surface area contributed by atoms with Gasteiger partial charge in [0.25, 0.3) is 0 Å². The minimum Gasteiger partial charge on any atom is -0.381 e. The molecule has 4 nitrogen and oxygen atoms in total. The summed E-state index contributed by atoms with van der Waals surface area (Å²) in [6.45, 7) is 6.59. The van der Waals surface area contributed by atoms with Crippen molar-refractivity contribution in [3.05, 3.63) is 0 Å². The van der Waals surface area contributed by atoms with Crippen LogP contribution < -0.4 is 5.32 Å². The van der Waals surface area contributed by atoms with Gasteiger partial charge in [-0.3, -0.25) is 0 Å². The summed E-state index contributed by atoms with van der Waals surface area (Å²) in [6.07, 6.45) is 2.41. The van der Waals surface area contributed by atoms with Gasteiger partial charge in [-0.1, -0.05) is 0 Å². The predicted octanol–water partition coefficient (Wildman–Crippen LogP) is 0.581. The van der Waals surface area contributed by atoms with Crippen LogP contribution in [0, 0.1) is 5.92 Å². The summed E-state index contributed by atoms with van der Waals surface area (Å²) in [5.41, 5.74) is 0. The van der Waals surface area contributed by atoms with Gasteiger partial charge in [0.05, 0.1) is 13.2 Å². The summed E-state index contributed by atoms with van der Waals surface area (Å²) >= 11 is 0. The van der Waals surface area contributed by atoms with E-state index in [2.05, 4.69) is 24.3 Å². The Morgan fingerprint density at radius 3 is 2.69 bits per heavy atom. The molecule has 16 heavy (non-hydrogen) atoms. The fraction of sp³-hybridized carbons (Fsp3) is 1.00. The average molecular weight is 230 g/mol. The van der Waals surface area contributed by atoms with E-state index < -0.39 is 0 Å². The van der Waals surface area contributed by atoms with Crippen LogP contribution in [0.5, 0.6) is 0 Å². The summed E-state index contributed by atoms with van der Waals surface area (Å²) in [5, 5.41) is 3.45. The van der Waals surface area contributed by atoms with E-state index in [9.17, 15) is 0 Å². The van der Waals surface area contributed by atoms with Gasteiger partial charge >= 0.3 is 0 Å². The first-order valence-corrected chi connectivity index (χ1v) is 6.30. The number of hydrogen-bond donors (Lipinski definition) is 1. The Labute approximate surface area is 99.3 Å². The summed E-state index contributed by atoms with van der Waals surface area (Å²) in [4.78, 5) is 2.13. The van der Waals surface area contributed by atoms with Gasteiger partial charge in [-0.05, 0) is 39.4 Å². The van der Waals surface area contributed by atoms with E-state index in [-0.39, 0.29) is 0 Å². The average Bonchev–Trinajstić information content (AvgIpc) is 2.29. The molecule has 0 aromatic rings. The Morgan fingerprint density at radius 2 is 2.00 bits per heavy atom. The van der Waals surface area contributed by atoms with E-state index in [1.807, 2.05) is 0 Å². The molecule has 96 valence electrons. The molecular weight excluding hydrogens is 204 g/mol. The van der Waals surface area contributed by atoms with E-state index in [1.54, 1.807) is 0 Å². The van der Waals surface area contributed by atoms with Crippen molar-refractivity contribution < 1.29 is 9.47 Å². The quantitative estimate of drug-likeness (QED) is 0.619. The van der Waals surface area contributed by atoms with Crippen LogP contribution in [0.25, 0.3) is 0 Å². The van der Waals surface area contributed by atoms with Crippen LogP contribution in [0.1, 0.15) is 12.8 Å². The number of nitrogens with zero attached hydrogens (tertiary/aromatic N) is 1. The second-order valence-electron chi connectivity index (χ2n) is 4.68. The zero-order valence-corrected chi connectivity index (χ0v) is 10.7. The number of hydrogen-bond acceptors (Lipinski definition) is 4. The van der Waals surface area contributed by atoms with E-state index in [1.165, 1.54) is 12.8 Å². The summed E-state index contributed by atoms with van der Waals surface area (Å²) in [5.74, 6) is 0.801. The maximum Gasteiger partial charge on any atom is 0.0593 e. The molecule has 0 spiro atoms. The highest BCUT2D eigenvalue weighted by atomic mass is 16.5. The Morgan fingerprint density at radius 1 is 1.25 bits per heavy atom. The molecule has 1 aliphatic heterocycles. The molecule has 0 bridgehead atoms. The second-order valence-corrected chi connectivity index (χ2v) is 4.68. The molecule has 4 heteroatoms. The third-order valence-corrected chi connectivity index (χ3v) is 2.88. The van der Waals surface area contributed by atoms with Gasteiger partial charge in [0, 0.05) is 26.3 Å². The fourth-order valence-electron chi connectivity index (χ4n) is 1.75. The van der Waals surface area contributed by atoms with Gasteiger partial charge in [-0.2, -0.15) is 0 Å². The maximum absolute atomic E-state index is 5.51. The van der Waals surface area contributed by atoms with Crippen LogP contribution in [0.15, 0.2) is 0 Å². The van der Waals surface area contributed by atoms with Gasteiger partial charge < -0.3 is 19.7 Å². The summed E-state index contributed by atoms with van der Waals surface area (Å²) in [7, 11) is 4.12. The van der Waals surface area contributed by atoms with Crippen LogP contribution >= 0.6 is 0 Å². The van der Waals surface area contributed by atoms with Gasteiger partial charge in [0.2, 0.25) is 0 Å². The first-order chi connectivity index (χ1) is 7.79. The third kappa shape index (κ3) is 7.17. The van der Waals surface area contributed by atoms with Crippen LogP contribution in [-0.2, 0) is 9.47 Å². The largest absolute Gasteiger partial charge is 0.381 e. The van der Waals surface area contributed by atoms with Gasteiger partial charge in [0.15, 0.2) is 0 Å². The molecular formula is C12H26N2O2. The first kappa shape index (κ1) is 13.9. The zero-order valence-electron chi connectivity index (χ0n) is 10.7. The molecule has 1 heterocycles. The predicted molar refractivity (Wildman–Crippen MR) is 65.8 cm³/mol. The number of ether oxygens (including phenoxy) is 2. The molecule has 1 N–H and O–H groups in total. The summed E-state index contributed by atoms with van der Waals surface area (Å²) < 4.78 is 10.8. The van der Waals surface area contributed by atoms with Crippen molar-refractivity contribution in [2.24, 2.45) is 5.92 Å². The Kier molecular flexibility index (Phi) is 7.76. The van der Waals surface area contributed by atoms with Crippen LogP contribution in [0.3, 0.4) is 0 Å². The SMILES string of the molecule is CN(C)CCOCCNCC1CCOCC1. The molecule has 0 atom stereocenters. The topological polar surface area (TPSA) is 33.7 Å². The highest BCUT2D eigenvalue weighted by Gasteiger charge is 2.12. The minimum absolute atomic E-state index is 0.801. The second kappa shape index (κ2) is 8.93. The van der Waals surface area contributed by atoms with Crippen LogP contribution in [-0.4, -0.2) is 65.1 Å². The molecule has 1 saturated heterocycles. The van der Waals surface area contributed by atoms with E-state index in [4.69, 9.17) is 9.47 Å². The molecule has 1 fully saturated rings. The molecule has 1 rings (SSSR count). The summed E-state index contributed by atoms with van der Waals surface area (Å²) in [6, 6.07) is 0. The maximum atomic E-state index is 5.51.